The summed E-state index contributed by atoms with van der Waals surface area (Å²) in [5.74, 6) is -2.16. The molecule has 1 aliphatic rings. The van der Waals surface area contributed by atoms with E-state index >= 15 is 0 Å². The number of carboxylic acids is 1. The molecule has 0 bridgehead atoms. The molecular weight excluding hydrogens is 242 g/mol. The molecular formula is C10H13N3O3S. The number of anilines is 1. The molecule has 1 aromatic rings. The van der Waals surface area contributed by atoms with Crippen LogP contribution in [0.2, 0.25) is 0 Å². The third-order valence-electron chi connectivity index (χ3n) is 2.93. The fourth-order valence-electron chi connectivity index (χ4n) is 2.11. The number of carbonyl (C=O) groups excluding carboxylic acids is 1. The molecule has 2 rings (SSSR count). The molecule has 6 nitrogen and oxygen atoms in total. The van der Waals surface area contributed by atoms with Gasteiger partial charge in [-0.15, -0.1) is 10.2 Å². The molecule has 92 valence electrons. The first kappa shape index (κ1) is 12.0. The molecule has 1 amide bonds. The Balaban J connectivity index is 2.02. The molecule has 1 aliphatic carbocycles. The number of aliphatic carboxylic acids is 1. The van der Waals surface area contributed by atoms with Crippen LogP contribution in [-0.2, 0) is 9.59 Å². The number of nitrogens with zero attached hydrogens (tertiary/aromatic N) is 2. The molecule has 1 aromatic heterocycles. The van der Waals surface area contributed by atoms with Crippen molar-refractivity contribution in [1.29, 1.82) is 0 Å². The highest BCUT2D eigenvalue weighted by Gasteiger charge is 2.37. The van der Waals surface area contributed by atoms with E-state index in [4.69, 9.17) is 5.11 Å². The fraction of sp³-hybridized carbons (Fsp3) is 0.600. The Labute approximate surface area is 102 Å². The highest BCUT2D eigenvalue weighted by atomic mass is 32.1. The lowest BCUT2D eigenvalue weighted by Gasteiger charge is -2.13. The fourth-order valence-corrected chi connectivity index (χ4v) is 2.71. The second-order valence-electron chi connectivity index (χ2n) is 4.10. The number of aryl methyl sites for hydroxylation is 1. The average molecular weight is 255 g/mol. The van der Waals surface area contributed by atoms with Crippen LogP contribution < -0.4 is 5.32 Å². The lowest BCUT2D eigenvalue weighted by Crippen LogP contribution is -2.29. The highest BCUT2D eigenvalue weighted by Crippen LogP contribution is 2.33. The van der Waals surface area contributed by atoms with Crippen molar-refractivity contribution in [3.8, 4) is 0 Å². The van der Waals surface area contributed by atoms with E-state index in [-0.39, 0.29) is 5.91 Å². The molecule has 0 aromatic carbocycles. The van der Waals surface area contributed by atoms with Gasteiger partial charge in [0.2, 0.25) is 11.0 Å². The Kier molecular flexibility index (Phi) is 3.37. The summed E-state index contributed by atoms with van der Waals surface area (Å²) in [6.07, 6.45) is 1.98. The third kappa shape index (κ3) is 2.60. The number of aromatic nitrogens is 2. The smallest absolute Gasteiger partial charge is 0.307 e. The summed E-state index contributed by atoms with van der Waals surface area (Å²) < 4.78 is 0. The van der Waals surface area contributed by atoms with Crippen molar-refractivity contribution in [2.24, 2.45) is 11.8 Å². The number of carbonyl (C=O) groups is 2. The molecule has 1 fully saturated rings. The maximum Gasteiger partial charge on any atom is 0.307 e. The number of rotatable bonds is 3. The lowest BCUT2D eigenvalue weighted by molar-refractivity contribution is -0.145. The van der Waals surface area contributed by atoms with Crippen molar-refractivity contribution in [2.45, 2.75) is 26.2 Å². The Morgan fingerprint density at radius 2 is 2.06 bits per heavy atom. The van der Waals surface area contributed by atoms with Gasteiger partial charge in [-0.1, -0.05) is 17.8 Å². The third-order valence-corrected chi connectivity index (χ3v) is 3.68. The number of hydrogen-bond donors (Lipinski definition) is 2. The van der Waals surface area contributed by atoms with E-state index in [0.29, 0.717) is 18.0 Å². The molecule has 0 saturated heterocycles. The van der Waals surface area contributed by atoms with Crippen LogP contribution in [0, 0.1) is 18.8 Å². The Bertz CT molecular complexity index is 446. The zero-order valence-corrected chi connectivity index (χ0v) is 10.2. The van der Waals surface area contributed by atoms with Gasteiger partial charge in [0, 0.05) is 0 Å². The zero-order chi connectivity index (χ0) is 12.4. The molecule has 17 heavy (non-hydrogen) atoms. The van der Waals surface area contributed by atoms with E-state index in [0.717, 1.165) is 11.4 Å². The molecule has 0 spiro atoms. The largest absolute Gasteiger partial charge is 0.481 e. The monoisotopic (exact) mass is 255 g/mol. The summed E-state index contributed by atoms with van der Waals surface area (Å²) in [4.78, 5) is 22.9. The van der Waals surface area contributed by atoms with Gasteiger partial charge in [0.05, 0.1) is 11.8 Å². The van der Waals surface area contributed by atoms with Crippen LogP contribution in [0.1, 0.15) is 24.3 Å². The van der Waals surface area contributed by atoms with E-state index < -0.39 is 17.8 Å². The van der Waals surface area contributed by atoms with Gasteiger partial charge >= 0.3 is 5.97 Å². The summed E-state index contributed by atoms with van der Waals surface area (Å²) in [5, 5.41) is 20.4. The molecule has 2 N–H and O–H groups in total. The molecule has 2 atom stereocenters. The maximum atomic E-state index is 11.9. The number of hydrogen-bond acceptors (Lipinski definition) is 5. The van der Waals surface area contributed by atoms with Gasteiger partial charge in [-0.05, 0) is 19.8 Å². The van der Waals surface area contributed by atoms with Gasteiger partial charge in [-0.2, -0.15) is 0 Å². The van der Waals surface area contributed by atoms with Gasteiger partial charge in [0.25, 0.3) is 0 Å². The second-order valence-corrected chi connectivity index (χ2v) is 5.28. The van der Waals surface area contributed by atoms with Crippen molar-refractivity contribution in [3.05, 3.63) is 5.01 Å². The maximum absolute atomic E-state index is 11.9. The molecule has 1 saturated carbocycles. The van der Waals surface area contributed by atoms with Crippen molar-refractivity contribution >= 4 is 28.3 Å². The van der Waals surface area contributed by atoms with E-state index in [1.807, 2.05) is 0 Å². The first-order valence-electron chi connectivity index (χ1n) is 5.41. The van der Waals surface area contributed by atoms with Gasteiger partial charge in [-0.3, -0.25) is 9.59 Å². The molecule has 7 heteroatoms. The lowest BCUT2D eigenvalue weighted by atomic mass is 9.95. The summed E-state index contributed by atoms with van der Waals surface area (Å²) in [5.41, 5.74) is 0. The van der Waals surface area contributed by atoms with Crippen LogP contribution in [0.25, 0.3) is 0 Å². The van der Waals surface area contributed by atoms with Crippen molar-refractivity contribution in [1.82, 2.24) is 10.2 Å². The van der Waals surface area contributed by atoms with Crippen molar-refractivity contribution < 1.29 is 14.7 Å². The van der Waals surface area contributed by atoms with Crippen molar-refractivity contribution in [3.63, 3.8) is 0 Å². The van der Waals surface area contributed by atoms with Crippen molar-refractivity contribution in [2.75, 3.05) is 5.32 Å². The predicted octanol–water partition coefficient (Wildman–Crippen LogP) is 1.29. The summed E-state index contributed by atoms with van der Waals surface area (Å²) in [6.45, 7) is 1.79. The minimum Gasteiger partial charge on any atom is -0.481 e. The first-order valence-corrected chi connectivity index (χ1v) is 6.23. The van der Waals surface area contributed by atoms with Crippen LogP contribution in [0.4, 0.5) is 5.13 Å². The highest BCUT2D eigenvalue weighted by molar-refractivity contribution is 7.15. The average Bonchev–Trinajstić information content (AvgIpc) is 2.86. The van der Waals surface area contributed by atoms with Gasteiger partial charge in [0.15, 0.2) is 0 Å². The van der Waals surface area contributed by atoms with E-state index in [9.17, 15) is 9.59 Å². The van der Waals surface area contributed by atoms with E-state index in [1.54, 1.807) is 6.92 Å². The number of amides is 1. The molecule has 0 aliphatic heterocycles. The normalized spacial score (nSPS) is 23.6. The summed E-state index contributed by atoms with van der Waals surface area (Å²) in [6, 6.07) is 0. The van der Waals surface area contributed by atoms with Crippen LogP contribution in [0.5, 0.6) is 0 Å². The van der Waals surface area contributed by atoms with Gasteiger partial charge in [0.1, 0.15) is 5.01 Å². The second kappa shape index (κ2) is 4.79. The number of carboxylic acid groups (broad SMARTS) is 1. The number of nitrogens with one attached hydrogen (secondary N) is 1. The van der Waals surface area contributed by atoms with Crippen LogP contribution in [-0.4, -0.2) is 27.2 Å². The first-order chi connectivity index (χ1) is 8.08. The van der Waals surface area contributed by atoms with Crippen LogP contribution in [0.15, 0.2) is 0 Å². The van der Waals surface area contributed by atoms with Crippen LogP contribution in [0.3, 0.4) is 0 Å². The minimum atomic E-state index is -0.893. The molecule has 0 unspecified atom stereocenters. The minimum absolute atomic E-state index is 0.258. The molecule has 0 radical (unpaired) electrons. The van der Waals surface area contributed by atoms with Gasteiger partial charge < -0.3 is 10.4 Å². The zero-order valence-electron chi connectivity index (χ0n) is 9.34. The van der Waals surface area contributed by atoms with Crippen LogP contribution >= 0.6 is 11.3 Å². The quantitative estimate of drug-likeness (QED) is 0.849. The predicted molar refractivity (Wildman–Crippen MR) is 61.7 cm³/mol. The van der Waals surface area contributed by atoms with Gasteiger partial charge in [-0.25, -0.2) is 0 Å². The standard InChI is InChI=1S/C10H13N3O3S/c1-5-12-13-10(17-5)11-8(14)6-3-2-4-7(6)9(15)16/h6-7H,2-4H2,1H3,(H,15,16)(H,11,13,14)/t6-,7+/m1/s1. The van der Waals surface area contributed by atoms with E-state index in [1.165, 1.54) is 11.3 Å². The Morgan fingerprint density at radius 1 is 1.35 bits per heavy atom. The SMILES string of the molecule is Cc1nnc(NC(=O)[C@@H]2CCC[C@@H]2C(=O)O)s1. The summed E-state index contributed by atoms with van der Waals surface area (Å²) >= 11 is 1.28. The topological polar surface area (TPSA) is 92.2 Å². The van der Waals surface area contributed by atoms with E-state index in [2.05, 4.69) is 15.5 Å². The molecule has 1 heterocycles. The Hall–Kier alpha value is -1.50. The summed E-state index contributed by atoms with van der Waals surface area (Å²) in [7, 11) is 0. The Morgan fingerprint density at radius 3 is 2.65 bits per heavy atom.